The van der Waals surface area contributed by atoms with Gasteiger partial charge in [-0.2, -0.15) is 0 Å². The molecular weight excluding hydrogens is 353 g/mol. The van der Waals surface area contributed by atoms with E-state index >= 15 is 0 Å². The van der Waals surface area contributed by atoms with Crippen molar-refractivity contribution in [1.82, 2.24) is 19.5 Å². The van der Waals surface area contributed by atoms with Crippen molar-refractivity contribution in [3.63, 3.8) is 0 Å². The zero-order chi connectivity index (χ0) is 19.1. The Bertz CT molecular complexity index is 1100. The summed E-state index contributed by atoms with van der Waals surface area (Å²) in [5.41, 5.74) is 10.9. The third kappa shape index (κ3) is 2.90. The van der Waals surface area contributed by atoms with E-state index in [1.165, 1.54) is 12.1 Å². The molecule has 1 saturated carbocycles. The first-order chi connectivity index (χ1) is 13.7. The summed E-state index contributed by atoms with van der Waals surface area (Å²) >= 11 is 0. The molecule has 0 unspecified atom stereocenters. The van der Waals surface area contributed by atoms with Gasteiger partial charge < -0.3 is 15.3 Å². The van der Waals surface area contributed by atoms with Crippen LogP contribution in [0.4, 0.5) is 4.39 Å². The number of imidazole rings is 1. The lowest BCUT2D eigenvalue weighted by molar-refractivity contribution is 0.325. The van der Waals surface area contributed by atoms with Crippen LogP contribution in [0.15, 0.2) is 55.1 Å². The van der Waals surface area contributed by atoms with Gasteiger partial charge >= 0.3 is 0 Å². The third-order valence-corrected chi connectivity index (χ3v) is 5.76. The lowest BCUT2D eigenvalue weighted by Gasteiger charge is -2.28. The Morgan fingerprint density at radius 1 is 1.00 bits per heavy atom. The highest BCUT2D eigenvalue weighted by Crippen LogP contribution is 2.39. The second-order valence-electron chi connectivity index (χ2n) is 7.52. The molecule has 0 aliphatic heterocycles. The van der Waals surface area contributed by atoms with Crippen molar-refractivity contribution in [1.29, 1.82) is 0 Å². The van der Waals surface area contributed by atoms with Crippen LogP contribution in [0.2, 0.25) is 0 Å². The highest BCUT2D eigenvalue weighted by Gasteiger charge is 2.25. The molecule has 3 heterocycles. The quantitative estimate of drug-likeness (QED) is 0.546. The molecule has 0 atom stereocenters. The smallest absolute Gasteiger partial charge is 0.137 e. The van der Waals surface area contributed by atoms with Crippen LogP contribution < -0.4 is 5.73 Å². The predicted octanol–water partition coefficient (Wildman–Crippen LogP) is 4.67. The van der Waals surface area contributed by atoms with Crippen LogP contribution in [0, 0.1) is 5.82 Å². The number of hydrogen-bond acceptors (Lipinski definition) is 3. The van der Waals surface area contributed by atoms with Crippen molar-refractivity contribution in [2.45, 2.75) is 37.8 Å². The Morgan fingerprint density at radius 2 is 1.79 bits per heavy atom. The zero-order valence-corrected chi connectivity index (χ0v) is 15.5. The fourth-order valence-corrected chi connectivity index (χ4v) is 4.27. The summed E-state index contributed by atoms with van der Waals surface area (Å²) in [6.07, 6.45) is 9.75. The van der Waals surface area contributed by atoms with Gasteiger partial charge in [0.1, 0.15) is 11.5 Å². The second kappa shape index (κ2) is 6.87. The van der Waals surface area contributed by atoms with Gasteiger partial charge in [0.05, 0.1) is 17.7 Å². The van der Waals surface area contributed by atoms with E-state index in [0.717, 1.165) is 59.2 Å². The third-order valence-electron chi connectivity index (χ3n) is 5.76. The van der Waals surface area contributed by atoms with Crippen LogP contribution in [0.1, 0.15) is 31.7 Å². The van der Waals surface area contributed by atoms with Gasteiger partial charge in [-0.1, -0.05) is 0 Å². The van der Waals surface area contributed by atoms with Gasteiger partial charge in [0.25, 0.3) is 0 Å². The fraction of sp³-hybridized carbons (Fsp3) is 0.273. The molecule has 0 spiro atoms. The number of nitrogens with zero attached hydrogens (tertiary/aromatic N) is 3. The Labute approximate surface area is 162 Å². The monoisotopic (exact) mass is 375 g/mol. The summed E-state index contributed by atoms with van der Waals surface area (Å²) in [6.45, 7) is 0. The van der Waals surface area contributed by atoms with Crippen LogP contribution in [0.5, 0.6) is 0 Å². The average molecular weight is 375 g/mol. The number of fused-ring (bicyclic) bond motifs is 1. The van der Waals surface area contributed by atoms with E-state index < -0.39 is 0 Å². The van der Waals surface area contributed by atoms with Crippen LogP contribution in [-0.2, 0) is 0 Å². The molecule has 1 aliphatic carbocycles. The van der Waals surface area contributed by atoms with Crippen LogP contribution >= 0.6 is 0 Å². The number of aromatic nitrogens is 4. The Kier molecular flexibility index (Phi) is 4.20. The summed E-state index contributed by atoms with van der Waals surface area (Å²) in [5, 5.41) is 1.06. The number of H-pyrrole nitrogens is 1. The van der Waals surface area contributed by atoms with Crippen LogP contribution in [-0.4, -0.2) is 25.6 Å². The van der Waals surface area contributed by atoms with Crippen molar-refractivity contribution >= 4 is 11.0 Å². The average Bonchev–Trinajstić information content (AvgIpc) is 3.36. The predicted molar refractivity (Wildman–Crippen MR) is 108 cm³/mol. The molecule has 4 aromatic rings. The van der Waals surface area contributed by atoms with E-state index in [-0.39, 0.29) is 11.9 Å². The lowest BCUT2D eigenvalue weighted by Crippen LogP contribution is -2.27. The number of rotatable bonds is 3. The number of pyridine rings is 1. The van der Waals surface area contributed by atoms with Gasteiger partial charge in [-0.05, 0) is 62.1 Å². The summed E-state index contributed by atoms with van der Waals surface area (Å²) in [6, 6.07) is 11.3. The standard InChI is InChI=1S/C22H22FN5/c23-15-3-1-14(2-4-15)20-21(18-9-11-25-22-19(18)10-12-26-22)28(13-27-20)17-7-5-16(24)6-8-17/h1-4,9-13,16-17H,5-8,24H2,(H,25,26). The van der Waals surface area contributed by atoms with Crippen molar-refractivity contribution in [2.75, 3.05) is 0 Å². The largest absolute Gasteiger partial charge is 0.346 e. The maximum atomic E-state index is 13.5. The van der Waals surface area contributed by atoms with E-state index in [1.807, 2.05) is 30.9 Å². The van der Waals surface area contributed by atoms with E-state index in [1.54, 1.807) is 12.1 Å². The summed E-state index contributed by atoms with van der Waals surface area (Å²) in [7, 11) is 0. The first-order valence-electron chi connectivity index (χ1n) is 9.71. The Balaban J connectivity index is 1.70. The van der Waals surface area contributed by atoms with Crippen molar-refractivity contribution in [2.24, 2.45) is 5.73 Å². The molecule has 1 aromatic carbocycles. The number of nitrogens with one attached hydrogen (secondary N) is 1. The molecule has 0 bridgehead atoms. The van der Waals surface area contributed by atoms with E-state index in [2.05, 4.69) is 14.5 Å². The van der Waals surface area contributed by atoms with Gasteiger partial charge in [0.15, 0.2) is 0 Å². The number of hydrogen-bond donors (Lipinski definition) is 2. The molecule has 0 saturated heterocycles. The van der Waals surface area contributed by atoms with E-state index in [0.29, 0.717) is 6.04 Å². The lowest BCUT2D eigenvalue weighted by atomic mass is 9.91. The number of nitrogens with two attached hydrogens (primary N) is 1. The topological polar surface area (TPSA) is 72.5 Å². The summed E-state index contributed by atoms with van der Waals surface area (Å²) in [5.74, 6) is -0.247. The van der Waals surface area contributed by atoms with Gasteiger partial charge in [0.2, 0.25) is 0 Å². The molecule has 5 nitrogen and oxygen atoms in total. The number of aromatic amines is 1. The van der Waals surface area contributed by atoms with Crippen LogP contribution in [0.25, 0.3) is 33.5 Å². The normalized spacial score (nSPS) is 19.9. The number of halogens is 1. The first-order valence-corrected chi connectivity index (χ1v) is 9.71. The molecule has 142 valence electrons. The molecule has 0 radical (unpaired) electrons. The molecule has 1 aliphatic rings. The van der Waals surface area contributed by atoms with E-state index in [4.69, 9.17) is 10.7 Å². The maximum Gasteiger partial charge on any atom is 0.137 e. The molecule has 5 rings (SSSR count). The van der Waals surface area contributed by atoms with Crippen LogP contribution in [0.3, 0.4) is 0 Å². The highest BCUT2D eigenvalue weighted by molar-refractivity contribution is 5.95. The maximum absolute atomic E-state index is 13.5. The second-order valence-corrected chi connectivity index (χ2v) is 7.52. The summed E-state index contributed by atoms with van der Waals surface area (Å²) < 4.78 is 15.8. The molecule has 0 amide bonds. The van der Waals surface area contributed by atoms with Crippen molar-refractivity contribution < 1.29 is 4.39 Å². The molecule has 3 N–H and O–H groups in total. The van der Waals surface area contributed by atoms with Gasteiger partial charge in [0, 0.05) is 41.0 Å². The summed E-state index contributed by atoms with van der Waals surface area (Å²) in [4.78, 5) is 12.4. The zero-order valence-electron chi connectivity index (χ0n) is 15.5. The molecule has 3 aromatic heterocycles. The van der Waals surface area contributed by atoms with Crippen molar-refractivity contribution in [3.8, 4) is 22.5 Å². The van der Waals surface area contributed by atoms with Crippen molar-refractivity contribution in [3.05, 3.63) is 60.9 Å². The SMILES string of the molecule is NC1CCC(n2cnc(-c3ccc(F)cc3)c2-c2ccnc3[nH]ccc23)CC1. The van der Waals surface area contributed by atoms with E-state index in [9.17, 15) is 4.39 Å². The minimum atomic E-state index is -0.247. The number of benzene rings is 1. The highest BCUT2D eigenvalue weighted by atomic mass is 19.1. The molecular formula is C22H22FN5. The molecule has 6 heteroatoms. The Morgan fingerprint density at radius 3 is 2.57 bits per heavy atom. The van der Waals surface area contributed by atoms with Gasteiger partial charge in [-0.25, -0.2) is 14.4 Å². The van der Waals surface area contributed by atoms with Gasteiger partial charge in [-0.3, -0.25) is 0 Å². The van der Waals surface area contributed by atoms with Gasteiger partial charge in [-0.15, -0.1) is 0 Å². The fourth-order valence-electron chi connectivity index (χ4n) is 4.27. The first kappa shape index (κ1) is 17.1. The molecule has 28 heavy (non-hydrogen) atoms. The molecule has 1 fully saturated rings. The minimum Gasteiger partial charge on any atom is -0.346 e. The Hall–Kier alpha value is -2.99. The minimum absolute atomic E-state index is 0.247.